The summed E-state index contributed by atoms with van der Waals surface area (Å²) in [7, 11) is 3.65. The van der Waals surface area contributed by atoms with Gasteiger partial charge in [0, 0.05) is 20.6 Å². The highest BCUT2D eigenvalue weighted by Crippen LogP contribution is 2.17. The molecule has 0 fully saturated rings. The summed E-state index contributed by atoms with van der Waals surface area (Å²) in [6.45, 7) is 1.98. The van der Waals surface area contributed by atoms with Crippen molar-refractivity contribution >= 4 is 16.9 Å². The summed E-state index contributed by atoms with van der Waals surface area (Å²) in [6, 6.07) is 5.95. The van der Waals surface area contributed by atoms with Crippen LogP contribution in [0.4, 0.5) is 0 Å². The van der Waals surface area contributed by atoms with E-state index in [9.17, 15) is 4.79 Å². The lowest BCUT2D eigenvalue weighted by molar-refractivity contribution is -0.133. The molecule has 1 amide bonds. The number of carbonyl (C=O) groups excluding carboxylic acids is 1. The van der Waals surface area contributed by atoms with Crippen LogP contribution in [0.5, 0.6) is 0 Å². The fourth-order valence-corrected chi connectivity index (χ4v) is 1.95. The molecule has 0 aliphatic rings. The molecule has 0 bridgehead atoms. The van der Waals surface area contributed by atoms with Gasteiger partial charge in [-0.25, -0.2) is 4.98 Å². The van der Waals surface area contributed by atoms with E-state index < -0.39 is 6.61 Å². The number of hydrogen-bond donors (Lipinski definition) is 1. The maximum Gasteiger partial charge on any atom is 0.248 e. The van der Waals surface area contributed by atoms with Gasteiger partial charge in [-0.2, -0.15) is 0 Å². The van der Waals surface area contributed by atoms with Gasteiger partial charge >= 0.3 is 0 Å². The van der Waals surface area contributed by atoms with Crippen molar-refractivity contribution in [1.29, 1.82) is 0 Å². The number of aromatic nitrogens is 2. The third-order valence-corrected chi connectivity index (χ3v) is 3.15. The van der Waals surface area contributed by atoms with Crippen LogP contribution in [0.2, 0.25) is 0 Å². The second kappa shape index (κ2) is 4.78. The van der Waals surface area contributed by atoms with Crippen molar-refractivity contribution in [3.05, 3.63) is 29.6 Å². The molecule has 0 atom stereocenters. The number of fused-ring (bicyclic) bond motifs is 1. The van der Waals surface area contributed by atoms with E-state index in [1.54, 1.807) is 7.05 Å². The minimum Gasteiger partial charge on any atom is -0.387 e. The normalized spacial score (nSPS) is 10.9. The number of aliphatic hydroxyl groups excluding tert-OH is 1. The Morgan fingerprint density at radius 2 is 2.22 bits per heavy atom. The Labute approximate surface area is 106 Å². The number of imidazole rings is 1. The Bertz CT molecular complexity index is 589. The molecule has 2 rings (SSSR count). The second-order valence-corrected chi connectivity index (χ2v) is 4.45. The minimum absolute atomic E-state index is 0.285. The molecule has 1 N–H and O–H groups in total. The van der Waals surface area contributed by atoms with E-state index in [0.29, 0.717) is 6.54 Å². The van der Waals surface area contributed by atoms with Crippen LogP contribution >= 0.6 is 0 Å². The molecule has 1 aromatic carbocycles. The fraction of sp³-hybridized carbons (Fsp3) is 0.385. The first kappa shape index (κ1) is 12.6. The van der Waals surface area contributed by atoms with Gasteiger partial charge < -0.3 is 14.6 Å². The molecule has 0 spiro atoms. The average molecular weight is 247 g/mol. The number of nitrogens with zero attached hydrogens (tertiary/aromatic N) is 3. The first-order valence-corrected chi connectivity index (χ1v) is 5.79. The molecule has 0 radical (unpaired) electrons. The van der Waals surface area contributed by atoms with E-state index in [4.69, 9.17) is 5.11 Å². The van der Waals surface area contributed by atoms with E-state index in [0.717, 1.165) is 22.4 Å². The Kier molecular flexibility index (Phi) is 3.34. The molecule has 0 unspecified atom stereocenters. The van der Waals surface area contributed by atoms with Gasteiger partial charge in [0.25, 0.3) is 0 Å². The molecule has 0 saturated heterocycles. The van der Waals surface area contributed by atoms with Gasteiger partial charge in [-0.15, -0.1) is 0 Å². The van der Waals surface area contributed by atoms with Crippen LogP contribution in [-0.2, 0) is 18.4 Å². The summed E-state index contributed by atoms with van der Waals surface area (Å²) in [5.74, 6) is 0.675. The quantitative estimate of drug-likeness (QED) is 0.874. The molecular formula is C13H17N3O2. The Balaban J connectivity index is 2.28. The van der Waals surface area contributed by atoms with Crippen LogP contribution < -0.4 is 0 Å². The van der Waals surface area contributed by atoms with Crippen LogP contribution in [0.3, 0.4) is 0 Å². The molecule has 1 heterocycles. The van der Waals surface area contributed by atoms with Crippen molar-refractivity contribution in [1.82, 2.24) is 14.5 Å². The van der Waals surface area contributed by atoms with Gasteiger partial charge in [0.2, 0.25) is 5.91 Å². The molecule has 0 aliphatic heterocycles. The number of amides is 1. The van der Waals surface area contributed by atoms with Crippen LogP contribution in [-0.4, -0.2) is 39.1 Å². The first-order valence-electron chi connectivity index (χ1n) is 5.79. The molecule has 1 aromatic heterocycles. The number of likely N-dealkylation sites (N-methyl/N-ethyl adjacent to an activating group) is 1. The lowest BCUT2D eigenvalue weighted by Crippen LogP contribution is -2.28. The number of aliphatic hydroxyl groups is 1. The molecule has 18 heavy (non-hydrogen) atoms. The minimum atomic E-state index is -0.457. The van der Waals surface area contributed by atoms with Gasteiger partial charge in [-0.1, -0.05) is 6.07 Å². The highest BCUT2D eigenvalue weighted by molar-refractivity contribution is 5.78. The molecule has 0 aliphatic carbocycles. The molecule has 0 saturated carbocycles. The SMILES string of the molecule is Cc1nc2cc(CN(C)C(=O)CO)ccc2n1C. The number of rotatable bonds is 3. The maximum atomic E-state index is 11.3. The second-order valence-electron chi connectivity index (χ2n) is 4.45. The predicted octanol–water partition coefficient (Wildman–Crippen LogP) is 0.832. The summed E-state index contributed by atoms with van der Waals surface area (Å²) in [6.07, 6.45) is 0. The summed E-state index contributed by atoms with van der Waals surface area (Å²) in [5, 5.41) is 8.79. The van der Waals surface area contributed by atoms with Gasteiger partial charge in [0.1, 0.15) is 12.4 Å². The Hall–Kier alpha value is -1.88. The van der Waals surface area contributed by atoms with E-state index in [-0.39, 0.29) is 5.91 Å². The third kappa shape index (κ3) is 2.22. The van der Waals surface area contributed by atoms with Gasteiger partial charge in [-0.05, 0) is 24.6 Å². The van der Waals surface area contributed by atoms with E-state index >= 15 is 0 Å². The van der Waals surface area contributed by atoms with Gasteiger partial charge in [0.15, 0.2) is 0 Å². The van der Waals surface area contributed by atoms with E-state index in [1.165, 1.54) is 4.90 Å². The molecule has 5 nitrogen and oxygen atoms in total. The summed E-state index contributed by atoms with van der Waals surface area (Å²) >= 11 is 0. The fourth-order valence-electron chi connectivity index (χ4n) is 1.95. The van der Waals surface area contributed by atoms with Gasteiger partial charge in [-0.3, -0.25) is 4.79 Å². The largest absolute Gasteiger partial charge is 0.387 e. The average Bonchev–Trinajstić information content (AvgIpc) is 2.63. The number of aryl methyl sites for hydroxylation is 2. The zero-order valence-corrected chi connectivity index (χ0v) is 10.8. The molecule has 2 aromatic rings. The highest BCUT2D eigenvalue weighted by Gasteiger charge is 2.09. The highest BCUT2D eigenvalue weighted by atomic mass is 16.3. The van der Waals surface area contributed by atoms with Crippen LogP contribution in [0, 0.1) is 6.92 Å². The lowest BCUT2D eigenvalue weighted by Gasteiger charge is -2.15. The van der Waals surface area contributed by atoms with Crippen molar-refractivity contribution in [3.8, 4) is 0 Å². The monoisotopic (exact) mass is 247 g/mol. The van der Waals surface area contributed by atoms with Gasteiger partial charge in [0.05, 0.1) is 11.0 Å². The molecular weight excluding hydrogens is 230 g/mol. The van der Waals surface area contributed by atoms with Crippen LogP contribution in [0.15, 0.2) is 18.2 Å². The van der Waals surface area contributed by atoms with Crippen molar-refractivity contribution in [2.24, 2.45) is 7.05 Å². The smallest absolute Gasteiger partial charge is 0.248 e. The third-order valence-electron chi connectivity index (χ3n) is 3.15. The van der Waals surface area contributed by atoms with Crippen molar-refractivity contribution < 1.29 is 9.90 Å². The summed E-state index contributed by atoms with van der Waals surface area (Å²) in [5.41, 5.74) is 3.01. The standard InChI is InChI=1S/C13H17N3O2/c1-9-14-11-6-10(4-5-12(11)16(9)3)7-15(2)13(18)8-17/h4-6,17H,7-8H2,1-3H3. The zero-order valence-electron chi connectivity index (χ0n) is 10.8. The van der Waals surface area contributed by atoms with Crippen molar-refractivity contribution in [2.45, 2.75) is 13.5 Å². The van der Waals surface area contributed by atoms with Crippen LogP contribution in [0.1, 0.15) is 11.4 Å². The number of carbonyl (C=O) groups is 1. The molecule has 96 valence electrons. The Morgan fingerprint density at radius 1 is 1.50 bits per heavy atom. The predicted molar refractivity (Wildman–Crippen MR) is 69.0 cm³/mol. The first-order chi connectivity index (χ1) is 8.52. The van der Waals surface area contributed by atoms with E-state index in [1.807, 2.05) is 36.7 Å². The Morgan fingerprint density at radius 3 is 2.89 bits per heavy atom. The van der Waals surface area contributed by atoms with Crippen molar-refractivity contribution in [3.63, 3.8) is 0 Å². The van der Waals surface area contributed by atoms with E-state index in [2.05, 4.69) is 4.98 Å². The topological polar surface area (TPSA) is 58.4 Å². The van der Waals surface area contributed by atoms with Crippen LogP contribution in [0.25, 0.3) is 11.0 Å². The summed E-state index contributed by atoms with van der Waals surface area (Å²) in [4.78, 5) is 17.2. The lowest BCUT2D eigenvalue weighted by atomic mass is 10.2. The molecule has 5 heteroatoms. The number of hydrogen-bond acceptors (Lipinski definition) is 3. The maximum absolute atomic E-state index is 11.3. The number of benzene rings is 1. The van der Waals surface area contributed by atoms with Crippen molar-refractivity contribution in [2.75, 3.05) is 13.7 Å². The zero-order chi connectivity index (χ0) is 13.3. The summed E-state index contributed by atoms with van der Waals surface area (Å²) < 4.78 is 2.03.